The standard InChI is InChI=1S/C24H23N3O4S2/c1-16(2)33(29,30)19-7-4-6-18(14-19)23(28)27(15-17-10-12-25-13-11-17)24-26-22-20(31-3)8-5-9-21(22)32-24/h4-14,16H,15H2,1-3H3. The summed E-state index contributed by atoms with van der Waals surface area (Å²) in [4.78, 5) is 24.1. The second-order valence-corrected chi connectivity index (χ2v) is 11.2. The molecular formula is C24H23N3O4S2. The number of hydrogen-bond acceptors (Lipinski definition) is 7. The molecule has 0 aliphatic carbocycles. The molecule has 0 atom stereocenters. The first-order valence-electron chi connectivity index (χ1n) is 10.3. The number of anilines is 1. The van der Waals surface area contributed by atoms with Gasteiger partial charge in [-0.15, -0.1) is 0 Å². The number of ether oxygens (including phenoxy) is 1. The van der Waals surface area contributed by atoms with Crippen molar-refractivity contribution < 1.29 is 17.9 Å². The fourth-order valence-electron chi connectivity index (χ4n) is 3.32. The first kappa shape index (κ1) is 22.9. The maximum atomic E-state index is 13.7. The van der Waals surface area contributed by atoms with E-state index in [-0.39, 0.29) is 22.9 Å². The molecule has 9 heteroatoms. The summed E-state index contributed by atoms with van der Waals surface area (Å²) in [5.41, 5.74) is 1.82. The van der Waals surface area contributed by atoms with E-state index < -0.39 is 15.1 Å². The Hall–Kier alpha value is -3.30. The third-order valence-electron chi connectivity index (χ3n) is 5.19. The molecule has 4 aromatic rings. The molecule has 0 saturated heterocycles. The van der Waals surface area contributed by atoms with Crippen LogP contribution in [0.3, 0.4) is 0 Å². The number of sulfone groups is 1. The Labute approximate surface area is 196 Å². The van der Waals surface area contributed by atoms with E-state index in [0.717, 1.165) is 10.3 Å². The fourth-order valence-corrected chi connectivity index (χ4v) is 5.41. The largest absolute Gasteiger partial charge is 0.494 e. The predicted octanol–water partition coefficient (Wildman–Crippen LogP) is 4.73. The van der Waals surface area contributed by atoms with Crippen molar-refractivity contribution in [2.45, 2.75) is 30.5 Å². The van der Waals surface area contributed by atoms with Crippen LogP contribution in [0.15, 0.2) is 71.9 Å². The van der Waals surface area contributed by atoms with Gasteiger partial charge in [-0.2, -0.15) is 0 Å². The van der Waals surface area contributed by atoms with Crippen LogP contribution in [0.1, 0.15) is 29.8 Å². The van der Waals surface area contributed by atoms with Crippen LogP contribution in [0, 0.1) is 0 Å². The third-order valence-corrected chi connectivity index (χ3v) is 8.38. The lowest BCUT2D eigenvalue weighted by Crippen LogP contribution is -2.30. The number of nitrogens with zero attached hydrogens (tertiary/aromatic N) is 3. The van der Waals surface area contributed by atoms with E-state index in [1.807, 2.05) is 30.3 Å². The van der Waals surface area contributed by atoms with Gasteiger partial charge in [-0.05, 0) is 61.9 Å². The molecule has 0 bridgehead atoms. The van der Waals surface area contributed by atoms with Crippen LogP contribution in [0.4, 0.5) is 5.13 Å². The third kappa shape index (κ3) is 4.60. The minimum absolute atomic E-state index is 0.123. The number of benzene rings is 2. The zero-order chi connectivity index (χ0) is 23.6. The van der Waals surface area contributed by atoms with Crippen molar-refractivity contribution >= 4 is 42.4 Å². The highest BCUT2D eigenvalue weighted by molar-refractivity contribution is 7.92. The van der Waals surface area contributed by atoms with E-state index in [1.165, 1.54) is 23.5 Å². The van der Waals surface area contributed by atoms with Crippen LogP contribution in [-0.4, -0.2) is 36.7 Å². The van der Waals surface area contributed by atoms with Crippen molar-refractivity contribution in [3.63, 3.8) is 0 Å². The van der Waals surface area contributed by atoms with E-state index >= 15 is 0 Å². The Balaban J connectivity index is 1.80. The lowest BCUT2D eigenvalue weighted by molar-refractivity contribution is 0.0985. The van der Waals surface area contributed by atoms with Gasteiger partial charge < -0.3 is 4.74 Å². The summed E-state index contributed by atoms with van der Waals surface area (Å²) in [6.07, 6.45) is 3.32. The molecule has 170 valence electrons. The first-order chi connectivity index (χ1) is 15.8. The minimum Gasteiger partial charge on any atom is -0.494 e. The summed E-state index contributed by atoms with van der Waals surface area (Å²) in [6, 6.07) is 15.4. The molecule has 0 aliphatic heterocycles. The van der Waals surface area contributed by atoms with Crippen molar-refractivity contribution in [3.05, 3.63) is 78.1 Å². The molecule has 0 N–H and O–H groups in total. The van der Waals surface area contributed by atoms with Gasteiger partial charge in [-0.25, -0.2) is 13.4 Å². The zero-order valence-electron chi connectivity index (χ0n) is 18.4. The number of pyridine rings is 1. The molecule has 7 nitrogen and oxygen atoms in total. The van der Waals surface area contributed by atoms with Crippen LogP contribution < -0.4 is 9.64 Å². The topological polar surface area (TPSA) is 89.5 Å². The van der Waals surface area contributed by atoms with Gasteiger partial charge in [-0.3, -0.25) is 14.7 Å². The summed E-state index contributed by atoms with van der Waals surface area (Å²) < 4.78 is 31.6. The van der Waals surface area contributed by atoms with E-state index in [1.54, 1.807) is 50.4 Å². The zero-order valence-corrected chi connectivity index (χ0v) is 20.1. The van der Waals surface area contributed by atoms with Crippen LogP contribution in [0.2, 0.25) is 0 Å². The van der Waals surface area contributed by atoms with Crippen LogP contribution >= 0.6 is 11.3 Å². The number of rotatable bonds is 7. The molecule has 0 spiro atoms. The van der Waals surface area contributed by atoms with Crippen molar-refractivity contribution in [1.82, 2.24) is 9.97 Å². The monoisotopic (exact) mass is 481 g/mol. The van der Waals surface area contributed by atoms with Gasteiger partial charge in [0.25, 0.3) is 5.91 Å². The Morgan fingerprint density at radius 2 is 1.82 bits per heavy atom. The van der Waals surface area contributed by atoms with Crippen molar-refractivity contribution in [2.24, 2.45) is 0 Å². The Morgan fingerprint density at radius 3 is 2.52 bits per heavy atom. The van der Waals surface area contributed by atoms with Gasteiger partial charge in [-0.1, -0.05) is 23.5 Å². The molecular weight excluding hydrogens is 458 g/mol. The van der Waals surface area contributed by atoms with E-state index in [4.69, 9.17) is 9.72 Å². The van der Waals surface area contributed by atoms with Gasteiger partial charge in [0.2, 0.25) is 0 Å². The normalized spacial score (nSPS) is 11.6. The number of carbonyl (C=O) groups is 1. The molecule has 2 heterocycles. The second-order valence-electron chi connectivity index (χ2n) is 7.67. The maximum absolute atomic E-state index is 13.7. The average molecular weight is 482 g/mol. The molecule has 2 aromatic heterocycles. The van der Waals surface area contributed by atoms with Crippen molar-refractivity contribution in [1.29, 1.82) is 0 Å². The van der Waals surface area contributed by atoms with Crippen molar-refractivity contribution in [3.8, 4) is 5.75 Å². The molecule has 1 amide bonds. The highest BCUT2D eigenvalue weighted by Crippen LogP contribution is 2.35. The quantitative estimate of drug-likeness (QED) is 0.379. The molecule has 2 aromatic carbocycles. The van der Waals surface area contributed by atoms with Gasteiger partial charge in [0.15, 0.2) is 15.0 Å². The Bertz CT molecular complexity index is 1400. The smallest absolute Gasteiger partial charge is 0.260 e. The molecule has 0 saturated carbocycles. The molecule has 0 radical (unpaired) electrons. The number of para-hydroxylation sites is 1. The lowest BCUT2D eigenvalue weighted by Gasteiger charge is -2.20. The summed E-state index contributed by atoms with van der Waals surface area (Å²) in [5, 5.41) is -0.0964. The highest BCUT2D eigenvalue weighted by Gasteiger charge is 2.25. The highest BCUT2D eigenvalue weighted by atomic mass is 32.2. The summed E-state index contributed by atoms with van der Waals surface area (Å²) in [5.74, 6) is 0.280. The van der Waals surface area contributed by atoms with Gasteiger partial charge in [0.1, 0.15) is 11.3 Å². The first-order valence-corrected chi connectivity index (χ1v) is 12.7. The van der Waals surface area contributed by atoms with Crippen LogP contribution in [0.5, 0.6) is 5.75 Å². The summed E-state index contributed by atoms with van der Waals surface area (Å²) in [6.45, 7) is 3.49. The molecule has 0 unspecified atom stereocenters. The molecule has 0 aliphatic rings. The molecule has 33 heavy (non-hydrogen) atoms. The second kappa shape index (κ2) is 9.29. The number of amides is 1. The van der Waals surface area contributed by atoms with Crippen LogP contribution in [-0.2, 0) is 16.4 Å². The number of methoxy groups -OCH3 is 1. The SMILES string of the molecule is COc1cccc2sc(N(Cc3ccncc3)C(=O)c3cccc(S(=O)(=O)C(C)C)c3)nc12. The van der Waals surface area contributed by atoms with Gasteiger partial charge in [0, 0.05) is 18.0 Å². The fraction of sp³-hybridized carbons (Fsp3) is 0.208. The number of fused-ring (bicyclic) bond motifs is 1. The number of thiazole rings is 1. The maximum Gasteiger partial charge on any atom is 0.260 e. The van der Waals surface area contributed by atoms with Crippen molar-refractivity contribution in [2.75, 3.05) is 12.0 Å². The molecule has 0 fully saturated rings. The average Bonchev–Trinajstić information content (AvgIpc) is 3.27. The Kier molecular flexibility index (Phi) is 6.44. The summed E-state index contributed by atoms with van der Waals surface area (Å²) in [7, 11) is -1.94. The number of aromatic nitrogens is 2. The number of carbonyl (C=O) groups excluding carboxylic acids is 1. The van der Waals surface area contributed by atoms with E-state index in [9.17, 15) is 13.2 Å². The molecule has 4 rings (SSSR count). The number of hydrogen-bond donors (Lipinski definition) is 0. The van der Waals surface area contributed by atoms with Gasteiger partial charge in [0.05, 0.1) is 28.5 Å². The van der Waals surface area contributed by atoms with Gasteiger partial charge >= 0.3 is 0 Å². The van der Waals surface area contributed by atoms with Crippen LogP contribution in [0.25, 0.3) is 10.2 Å². The lowest BCUT2D eigenvalue weighted by atomic mass is 10.2. The van der Waals surface area contributed by atoms with E-state index in [0.29, 0.717) is 16.4 Å². The summed E-state index contributed by atoms with van der Waals surface area (Å²) >= 11 is 1.37. The predicted molar refractivity (Wildman–Crippen MR) is 130 cm³/mol. The minimum atomic E-state index is -3.52. The van der Waals surface area contributed by atoms with E-state index in [2.05, 4.69) is 4.98 Å². The Morgan fingerprint density at radius 1 is 1.09 bits per heavy atom.